The number of carbonyl (C=O) groups excluding carboxylic acids is 2. The molecule has 1 aliphatic heterocycles. The zero-order chi connectivity index (χ0) is 14.7. The lowest BCUT2D eigenvalue weighted by atomic mass is 10.1. The molecule has 112 valence electrons. The fourth-order valence-electron chi connectivity index (χ4n) is 2.40. The number of carbonyl (C=O) groups is 3. The molecule has 0 aromatic rings. The highest BCUT2D eigenvalue weighted by Gasteiger charge is 2.32. The van der Waals surface area contributed by atoms with Gasteiger partial charge >= 0.3 is 12.0 Å². The number of amides is 3. The van der Waals surface area contributed by atoms with Gasteiger partial charge in [-0.15, -0.1) is 0 Å². The van der Waals surface area contributed by atoms with E-state index < -0.39 is 12.0 Å². The molecule has 1 saturated carbocycles. The van der Waals surface area contributed by atoms with Crippen LogP contribution in [0.2, 0.25) is 0 Å². The minimum atomic E-state index is -0.908. The van der Waals surface area contributed by atoms with Gasteiger partial charge in [-0.1, -0.05) is 0 Å². The summed E-state index contributed by atoms with van der Waals surface area (Å²) >= 11 is 0. The minimum Gasteiger partial charge on any atom is -0.481 e. The first-order valence-corrected chi connectivity index (χ1v) is 7.06. The van der Waals surface area contributed by atoms with E-state index in [2.05, 4.69) is 10.6 Å². The van der Waals surface area contributed by atoms with E-state index in [-0.39, 0.29) is 30.4 Å². The van der Waals surface area contributed by atoms with Crippen LogP contribution < -0.4 is 10.6 Å². The number of nitrogens with zero attached hydrogens (tertiary/aromatic N) is 1. The number of hydrogen-bond donors (Lipinski definition) is 3. The van der Waals surface area contributed by atoms with Crippen LogP contribution in [0.5, 0.6) is 0 Å². The maximum atomic E-state index is 12.1. The molecular formula is C13H21N3O4. The van der Waals surface area contributed by atoms with Crippen molar-refractivity contribution < 1.29 is 19.5 Å². The molecule has 0 radical (unpaired) electrons. The fraction of sp³-hybridized carbons (Fsp3) is 0.769. The molecule has 1 heterocycles. The highest BCUT2D eigenvalue weighted by Crippen LogP contribution is 2.20. The van der Waals surface area contributed by atoms with Crippen molar-refractivity contribution >= 4 is 17.9 Å². The Balaban J connectivity index is 1.83. The molecule has 2 unspecified atom stereocenters. The van der Waals surface area contributed by atoms with Crippen LogP contribution in [-0.2, 0) is 9.59 Å². The van der Waals surface area contributed by atoms with Crippen LogP contribution in [0.4, 0.5) is 4.79 Å². The normalized spacial score (nSPS) is 23.2. The van der Waals surface area contributed by atoms with Crippen molar-refractivity contribution in [3.05, 3.63) is 0 Å². The molecule has 7 nitrogen and oxygen atoms in total. The monoisotopic (exact) mass is 283 g/mol. The lowest BCUT2D eigenvalue weighted by Gasteiger charge is -2.25. The molecule has 1 aliphatic carbocycles. The number of carboxylic acids is 1. The van der Waals surface area contributed by atoms with Crippen molar-refractivity contribution in [2.75, 3.05) is 6.54 Å². The van der Waals surface area contributed by atoms with Gasteiger partial charge in [-0.05, 0) is 32.6 Å². The Morgan fingerprint density at radius 2 is 2.00 bits per heavy atom. The van der Waals surface area contributed by atoms with Crippen molar-refractivity contribution in [2.45, 2.75) is 57.2 Å². The quantitative estimate of drug-likeness (QED) is 0.676. The number of hydrogen-bond acceptors (Lipinski definition) is 3. The molecule has 20 heavy (non-hydrogen) atoms. The molecule has 2 rings (SSSR count). The van der Waals surface area contributed by atoms with Crippen molar-refractivity contribution in [1.29, 1.82) is 0 Å². The summed E-state index contributed by atoms with van der Waals surface area (Å²) in [5, 5.41) is 14.3. The zero-order valence-electron chi connectivity index (χ0n) is 11.6. The van der Waals surface area contributed by atoms with E-state index in [0.717, 1.165) is 19.3 Å². The third kappa shape index (κ3) is 3.85. The fourth-order valence-corrected chi connectivity index (χ4v) is 2.40. The van der Waals surface area contributed by atoms with Crippen LogP contribution in [0.25, 0.3) is 0 Å². The average molecular weight is 283 g/mol. The van der Waals surface area contributed by atoms with Gasteiger partial charge in [0.05, 0.1) is 6.42 Å². The van der Waals surface area contributed by atoms with Gasteiger partial charge in [0, 0.05) is 18.6 Å². The summed E-state index contributed by atoms with van der Waals surface area (Å²) in [4.78, 5) is 36.1. The first-order valence-electron chi connectivity index (χ1n) is 7.06. The average Bonchev–Trinajstić information content (AvgIpc) is 3.05. The predicted octanol–water partition coefficient (Wildman–Crippen LogP) is 0.302. The third-order valence-electron chi connectivity index (χ3n) is 3.71. The zero-order valence-corrected chi connectivity index (χ0v) is 11.6. The van der Waals surface area contributed by atoms with Gasteiger partial charge in [-0.3, -0.25) is 9.59 Å². The van der Waals surface area contributed by atoms with Crippen molar-refractivity contribution in [3.8, 4) is 0 Å². The molecule has 1 saturated heterocycles. The van der Waals surface area contributed by atoms with E-state index >= 15 is 0 Å². The molecule has 2 aliphatic rings. The lowest BCUT2D eigenvalue weighted by Crippen LogP contribution is -2.51. The Bertz CT molecular complexity index is 408. The highest BCUT2D eigenvalue weighted by molar-refractivity contribution is 5.87. The first-order chi connectivity index (χ1) is 9.47. The maximum Gasteiger partial charge on any atom is 0.318 e. The van der Waals surface area contributed by atoms with Gasteiger partial charge in [0.1, 0.15) is 6.04 Å². The number of nitrogens with one attached hydrogen (secondary N) is 2. The van der Waals surface area contributed by atoms with Crippen LogP contribution in [0.1, 0.15) is 39.0 Å². The lowest BCUT2D eigenvalue weighted by molar-refractivity contribution is -0.138. The summed E-state index contributed by atoms with van der Waals surface area (Å²) in [5.41, 5.74) is 0. The number of urea groups is 1. The number of carboxylic acid groups (broad SMARTS) is 1. The largest absolute Gasteiger partial charge is 0.481 e. The van der Waals surface area contributed by atoms with E-state index in [9.17, 15) is 14.4 Å². The van der Waals surface area contributed by atoms with Crippen molar-refractivity contribution in [2.24, 2.45) is 0 Å². The van der Waals surface area contributed by atoms with Crippen LogP contribution in [-0.4, -0.2) is 52.6 Å². The standard InChI is InChI=1S/C13H21N3O4/c1-8(12(19)15-9-4-5-9)14-13(20)16-6-2-3-10(16)7-11(17)18/h8-10H,2-7H2,1H3,(H,14,20)(H,15,19)(H,17,18). The van der Waals surface area contributed by atoms with Crippen LogP contribution >= 0.6 is 0 Å². The summed E-state index contributed by atoms with van der Waals surface area (Å²) in [6, 6.07) is -0.971. The second kappa shape index (κ2) is 6.11. The molecule has 7 heteroatoms. The Morgan fingerprint density at radius 3 is 2.60 bits per heavy atom. The highest BCUT2D eigenvalue weighted by atomic mass is 16.4. The second-order valence-electron chi connectivity index (χ2n) is 5.54. The Kier molecular flexibility index (Phi) is 4.46. The molecule has 0 aromatic carbocycles. The van der Waals surface area contributed by atoms with Gasteiger partial charge in [-0.25, -0.2) is 4.79 Å². The number of likely N-dealkylation sites (tertiary alicyclic amines) is 1. The molecule has 0 spiro atoms. The molecule has 0 aromatic heterocycles. The second-order valence-corrected chi connectivity index (χ2v) is 5.54. The van der Waals surface area contributed by atoms with Gasteiger partial charge in [0.25, 0.3) is 0 Å². The van der Waals surface area contributed by atoms with Crippen molar-refractivity contribution in [3.63, 3.8) is 0 Å². The number of aliphatic carboxylic acids is 1. The summed E-state index contributed by atoms with van der Waals surface area (Å²) in [7, 11) is 0. The van der Waals surface area contributed by atoms with E-state index in [1.165, 1.54) is 4.90 Å². The smallest absolute Gasteiger partial charge is 0.318 e. The van der Waals surface area contributed by atoms with Crippen LogP contribution in [0.3, 0.4) is 0 Å². The summed E-state index contributed by atoms with van der Waals surface area (Å²) in [6.45, 7) is 2.18. The molecule has 2 fully saturated rings. The molecule has 0 bridgehead atoms. The van der Waals surface area contributed by atoms with Crippen LogP contribution in [0, 0.1) is 0 Å². The van der Waals surface area contributed by atoms with Gasteiger partial charge in [0.2, 0.25) is 5.91 Å². The Labute approximate surface area is 117 Å². The van der Waals surface area contributed by atoms with Gasteiger partial charge < -0.3 is 20.6 Å². The molecule has 3 amide bonds. The Hall–Kier alpha value is -1.79. The first kappa shape index (κ1) is 14.6. The summed E-state index contributed by atoms with van der Waals surface area (Å²) in [5.74, 6) is -1.09. The Morgan fingerprint density at radius 1 is 1.30 bits per heavy atom. The van der Waals surface area contributed by atoms with Crippen molar-refractivity contribution in [1.82, 2.24) is 15.5 Å². The maximum absolute atomic E-state index is 12.1. The topological polar surface area (TPSA) is 98.7 Å². The van der Waals surface area contributed by atoms with E-state index in [4.69, 9.17) is 5.11 Å². The minimum absolute atomic E-state index is 0.0456. The molecule has 3 N–H and O–H groups in total. The SMILES string of the molecule is CC(NC(=O)N1CCCC1CC(=O)O)C(=O)NC1CC1. The third-order valence-corrected chi connectivity index (χ3v) is 3.71. The number of rotatable bonds is 5. The summed E-state index contributed by atoms with van der Waals surface area (Å²) < 4.78 is 0. The van der Waals surface area contributed by atoms with E-state index in [1.807, 2.05) is 0 Å². The van der Waals surface area contributed by atoms with Crippen LogP contribution in [0.15, 0.2) is 0 Å². The van der Waals surface area contributed by atoms with E-state index in [1.54, 1.807) is 6.92 Å². The van der Waals surface area contributed by atoms with Gasteiger partial charge in [0.15, 0.2) is 0 Å². The summed E-state index contributed by atoms with van der Waals surface area (Å²) in [6.07, 6.45) is 3.45. The van der Waals surface area contributed by atoms with E-state index in [0.29, 0.717) is 13.0 Å². The molecular weight excluding hydrogens is 262 g/mol. The van der Waals surface area contributed by atoms with Gasteiger partial charge in [-0.2, -0.15) is 0 Å². The molecule has 2 atom stereocenters. The predicted molar refractivity (Wildman–Crippen MR) is 71.1 cm³/mol.